The number of hydrogen-bond acceptors (Lipinski definition) is 6. The molecule has 0 aliphatic rings. The zero-order chi connectivity index (χ0) is 17.3. The molecule has 2 aromatic heterocycles. The number of nitrogens with two attached hydrogens (primary N) is 1. The second-order valence-electron chi connectivity index (χ2n) is 5.51. The monoisotopic (exact) mass is 320 g/mol. The third kappa shape index (κ3) is 2.90. The maximum atomic E-state index is 9.12. The molecule has 0 atom stereocenters. The van der Waals surface area contributed by atoms with Gasteiger partial charge in [0, 0.05) is 6.07 Å². The average molecular weight is 320 g/mol. The zero-order valence-corrected chi connectivity index (χ0v) is 13.6. The molecule has 0 fully saturated rings. The Morgan fingerprint density at radius 3 is 2.42 bits per heavy atom. The van der Waals surface area contributed by atoms with Crippen LogP contribution in [-0.4, -0.2) is 19.7 Å². The van der Waals surface area contributed by atoms with Crippen molar-refractivity contribution in [3.63, 3.8) is 0 Å². The van der Waals surface area contributed by atoms with Crippen LogP contribution in [0.25, 0.3) is 5.82 Å². The van der Waals surface area contributed by atoms with E-state index in [9.17, 15) is 0 Å². The molecule has 0 saturated heterocycles. The summed E-state index contributed by atoms with van der Waals surface area (Å²) in [6.45, 7) is 5.73. The first kappa shape index (κ1) is 15.5. The summed E-state index contributed by atoms with van der Waals surface area (Å²) in [5.41, 5.74) is 9.05. The molecule has 0 bridgehead atoms. The maximum Gasteiger partial charge on any atom is 0.224 e. The molecule has 0 saturated carbocycles. The molecule has 3 aromatic rings. The lowest BCUT2D eigenvalue weighted by Crippen LogP contribution is -2.05. The molecule has 1 aromatic carbocycles. The highest BCUT2D eigenvalue weighted by Crippen LogP contribution is 2.24. The lowest BCUT2D eigenvalue weighted by molar-refractivity contribution is 0.460. The molecule has 2 N–H and O–H groups in total. The fourth-order valence-corrected chi connectivity index (χ4v) is 2.47. The Bertz CT molecular complexity index is 934. The highest BCUT2D eigenvalue weighted by Gasteiger charge is 2.15. The number of anilines is 1. The van der Waals surface area contributed by atoms with Crippen LogP contribution in [-0.2, 0) is 0 Å². The number of rotatable bonds is 3. The van der Waals surface area contributed by atoms with Crippen LogP contribution in [0.15, 0.2) is 30.6 Å². The van der Waals surface area contributed by atoms with E-state index < -0.39 is 0 Å². The molecular formula is C17H16N6O. The van der Waals surface area contributed by atoms with Crippen molar-refractivity contribution in [3.05, 3.63) is 53.0 Å². The summed E-state index contributed by atoms with van der Waals surface area (Å²) in [6, 6.07) is 9.58. The first-order valence-electron chi connectivity index (χ1n) is 7.31. The van der Waals surface area contributed by atoms with Gasteiger partial charge in [-0.15, -0.1) is 0 Å². The van der Waals surface area contributed by atoms with Gasteiger partial charge in [-0.05, 0) is 44.0 Å². The van der Waals surface area contributed by atoms with Crippen LogP contribution in [0, 0.1) is 32.1 Å². The molecule has 0 amide bonds. The van der Waals surface area contributed by atoms with Crippen LogP contribution in [0.2, 0.25) is 0 Å². The van der Waals surface area contributed by atoms with Crippen molar-refractivity contribution in [2.45, 2.75) is 20.8 Å². The second-order valence-corrected chi connectivity index (χ2v) is 5.51. The molecule has 120 valence electrons. The lowest BCUT2D eigenvalue weighted by Gasteiger charge is -2.08. The molecule has 0 aliphatic heterocycles. The number of aryl methyl sites for hydroxylation is 3. The quantitative estimate of drug-likeness (QED) is 0.796. The normalized spacial score (nSPS) is 10.4. The van der Waals surface area contributed by atoms with Crippen molar-refractivity contribution in [1.82, 2.24) is 19.7 Å². The van der Waals surface area contributed by atoms with Crippen LogP contribution in [0.1, 0.15) is 22.4 Å². The van der Waals surface area contributed by atoms with Crippen molar-refractivity contribution in [2.75, 3.05) is 5.73 Å². The molecule has 3 rings (SSSR count). The Balaban J connectivity index is 1.97. The van der Waals surface area contributed by atoms with E-state index in [-0.39, 0.29) is 5.82 Å². The number of benzene rings is 1. The van der Waals surface area contributed by atoms with Gasteiger partial charge in [0.1, 0.15) is 29.5 Å². The maximum absolute atomic E-state index is 9.12. The highest BCUT2D eigenvalue weighted by atomic mass is 16.5. The zero-order valence-electron chi connectivity index (χ0n) is 13.6. The number of ether oxygens (including phenoxy) is 1. The Kier molecular flexibility index (Phi) is 3.88. The number of hydrogen-bond donors (Lipinski definition) is 1. The van der Waals surface area contributed by atoms with Crippen molar-refractivity contribution in [1.29, 1.82) is 5.26 Å². The summed E-state index contributed by atoms with van der Waals surface area (Å²) >= 11 is 0. The fraction of sp³-hybridized carbons (Fsp3) is 0.176. The summed E-state index contributed by atoms with van der Waals surface area (Å²) in [4.78, 5) is 8.27. The van der Waals surface area contributed by atoms with Crippen molar-refractivity contribution in [3.8, 4) is 23.5 Å². The topological polar surface area (TPSA) is 103 Å². The van der Waals surface area contributed by atoms with Crippen LogP contribution < -0.4 is 10.5 Å². The highest BCUT2D eigenvalue weighted by molar-refractivity contribution is 5.55. The number of nitriles is 1. The Morgan fingerprint density at radius 2 is 1.79 bits per heavy atom. The number of nitrogens with zero attached hydrogens (tertiary/aromatic N) is 5. The van der Waals surface area contributed by atoms with Gasteiger partial charge in [-0.1, -0.05) is 6.07 Å². The third-order valence-corrected chi connectivity index (χ3v) is 3.47. The van der Waals surface area contributed by atoms with Crippen LogP contribution >= 0.6 is 0 Å². The van der Waals surface area contributed by atoms with E-state index >= 15 is 0 Å². The van der Waals surface area contributed by atoms with E-state index in [0.29, 0.717) is 28.7 Å². The third-order valence-electron chi connectivity index (χ3n) is 3.47. The molecule has 0 unspecified atom stereocenters. The molecule has 2 heterocycles. The van der Waals surface area contributed by atoms with Gasteiger partial charge in [0.2, 0.25) is 5.88 Å². The van der Waals surface area contributed by atoms with E-state index in [2.05, 4.69) is 21.1 Å². The van der Waals surface area contributed by atoms with Crippen LogP contribution in [0.5, 0.6) is 11.6 Å². The molecule has 7 nitrogen and oxygen atoms in total. The van der Waals surface area contributed by atoms with Crippen molar-refractivity contribution in [2.24, 2.45) is 0 Å². The first-order valence-corrected chi connectivity index (χ1v) is 7.31. The van der Waals surface area contributed by atoms with E-state index in [1.54, 1.807) is 13.0 Å². The van der Waals surface area contributed by atoms with Crippen molar-refractivity contribution < 1.29 is 4.74 Å². The molecule has 7 heteroatoms. The minimum absolute atomic E-state index is 0.242. The van der Waals surface area contributed by atoms with Gasteiger partial charge in [-0.25, -0.2) is 9.97 Å². The standard InChI is InChI=1S/C17H16N6O/c1-10-4-11(2)6-13(5-10)24-16-7-15(20-9-21-16)23-17(19)14(8-18)12(3)22-23/h4-7,9H,19H2,1-3H3. The van der Waals surface area contributed by atoms with E-state index in [1.807, 2.05) is 32.0 Å². The van der Waals surface area contributed by atoms with Gasteiger partial charge in [0.05, 0.1) is 5.69 Å². The average Bonchev–Trinajstić information content (AvgIpc) is 2.80. The SMILES string of the molecule is Cc1cc(C)cc(Oc2cc(-n3nc(C)c(C#N)c3N)ncn2)c1. The van der Waals surface area contributed by atoms with Gasteiger partial charge in [0.15, 0.2) is 5.82 Å². The minimum atomic E-state index is 0.242. The Morgan fingerprint density at radius 1 is 1.08 bits per heavy atom. The smallest absolute Gasteiger partial charge is 0.224 e. The summed E-state index contributed by atoms with van der Waals surface area (Å²) in [5.74, 6) is 1.74. The largest absolute Gasteiger partial charge is 0.439 e. The molecule has 0 radical (unpaired) electrons. The summed E-state index contributed by atoms with van der Waals surface area (Å²) in [7, 11) is 0. The molecular weight excluding hydrogens is 304 g/mol. The second kappa shape index (κ2) is 6.01. The van der Waals surface area contributed by atoms with Gasteiger partial charge < -0.3 is 10.5 Å². The van der Waals surface area contributed by atoms with Gasteiger partial charge in [-0.2, -0.15) is 15.0 Å². The predicted molar refractivity (Wildman–Crippen MR) is 89.0 cm³/mol. The van der Waals surface area contributed by atoms with Crippen LogP contribution in [0.4, 0.5) is 5.82 Å². The Hall–Kier alpha value is -3.40. The van der Waals surface area contributed by atoms with E-state index in [4.69, 9.17) is 15.7 Å². The molecule has 0 aliphatic carbocycles. The van der Waals surface area contributed by atoms with E-state index in [0.717, 1.165) is 11.1 Å². The Labute approximate surface area is 139 Å². The summed E-state index contributed by atoms with van der Waals surface area (Å²) < 4.78 is 7.21. The summed E-state index contributed by atoms with van der Waals surface area (Å²) in [6.07, 6.45) is 1.37. The molecule has 0 spiro atoms. The van der Waals surface area contributed by atoms with E-state index in [1.165, 1.54) is 11.0 Å². The first-order chi connectivity index (χ1) is 11.5. The number of aromatic nitrogens is 4. The predicted octanol–water partition coefficient (Wildman–Crippen LogP) is 2.83. The molecule has 24 heavy (non-hydrogen) atoms. The van der Waals surface area contributed by atoms with Crippen LogP contribution in [0.3, 0.4) is 0 Å². The number of nitrogen functional groups attached to an aromatic ring is 1. The lowest BCUT2D eigenvalue weighted by atomic mass is 10.1. The van der Waals surface area contributed by atoms with Gasteiger partial charge >= 0.3 is 0 Å². The fourth-order valence-electron chi connectivity index (χ4n) is 2.47. The van der Waals surface area contributed by atoms with Gasteiger partial charge in [0.25, 0.3) is 0 Å². The minimum Gasteiger partial charge on any atom is -0.439 e. The summed E-state index contributed by atoms with van der Waals surface area (Å²) in [5, 5.41) is 13.4. The van der Waals surface area contributed by atoms with Gasteiger partial charge in [-0.3, -0.25) is 0 Å². The van der Waals surface area contributed by atoms with Crippen molar-refractivity contribution >= 4 is 5.82 Å².